The summed E-state index contributed by atoms with van der Waals surface area (Å²) in [4.78, 5) is 49.3. The Bertz CT molecular complexity index is 1290. The number of nitrogens with one attached hydrogen (secondary N) is 2. The largest absolute Gasteiger partial charge is 0.481 e. The lowest BCUT2D eigenvalue weighted by atomic mass is 10.0. The lowest BCUT2D eigenvalue weighted by molar-refractivity contribution is -0.138. The number of thiophene rings is 1. The molecular weight excluding hydrogens is 512 g/mol. The Labute approximate surface area is 223 Å². The van der Waals surface area contributed by atoms with E-state index in [1.165, 1.54) is 30.2 Å². The molecule has 0 saturated heterocycles. The monoisotopic (exact) mass is 540 g/mol. The maximum Gasteiger partial charge on any atom is 0.341 e. The zero-order valence-corrected chi connectivity index (χ0v) is 22.3. The number of carbonyl (C=O) groups excluding carboxylic acids is 3. The van der Waals surface area contributed by atoms with Gasteiger partial charge >= 0.3 is 11.9 Å². The Morgan fingerprint density at radius 1 is 1.05 bits per heavy atom. The number of hydrogen-bond acceptors (Lipinski definition) is 7. The van der Waals surface area contributed by atoms with Crippen molar-refractivity contribution in [3.63, 3.8) is 0 Å². The normalized spacial score (nSPS) is 11.4. The van der Waals surface area contributed by atoms with E-state index in [1.54, 1.807) is 18.2 Å². The molecule has 2 aromatic carbocycles. The highest BCUT2D eigenvalue weighted by Gasteiger charge is 2.25. The highest BCUT2D eigenvalue weighted by Crippen LogP contribution is 2.37. The Morgan fingerprint density at radius 3 is 2.43 bits per heavy atom. The molecular formula is C27H28N2O6S2. The van der Waals surface area contributed by atoms with Crippen LogP contribution in [-0.4, -0.2) is 41.2 Å². The molecule has 1 atom stereocenters. The molecule has 3 rings (SSSR count). The molecule has 10 heteroatoms. The first kappa shape index (κ1) is 27.9. The van der Waals surface area contributed by atoms with E-state index in [9.17, 15) is 19.2 Å². The number of thioether (sulfide) groups is 1. The van der Waals surface area contributed by atoms with Crippen LogP contribution in [0.3, 0.4) is 0 Å². The van der Waals surface area contributed by atoms with Crippen LogP contribution >= 0.6 is 23.1 Å². The maximum atomic E-state index is 13.2. The van der Waals surface area contributed by atoms with Gasteiger partial charge in [-0.05, 0) is 37.1 Å². The van der Waals surface area contributed by atoms with E-state index in [-0.39, 0.29) is 18.7 Å². The van der Waals surface area contributed by atoms with Gasteiger partial charge in [-0.25, -0.2) is 4.79 Å². The standard InChI is InChI=1S/C27H28N2O6S2/c1-4-21(37-19-7-5-6-18(14-19)28-22(30)12-13-23(31)32)25(33)29-26-24(27(34)35-3)20(15-36-26)17-10-8-16(2)9-11-17/h5-11,14-15,21H,4,12-13H2,1-3H3,(H,28,30)(H,29,33)(H,31,32). The molecule has 37 heavy (non-hydrogen) atoms. The third-order valence-electron chi connectivity index (χ3n) is 5.41. The molecule has 0 aliphatic carbocycles. The molecule has 2 amide bonds. The first-order valence-corrected chi connectivity index (χ1v) is 13.3. The van der Waals surface area contributed by atoms with Crippen molar-refractivity contribution in [3.8, 4) is 11.1 Å². The number of methoxy groups -OCH3 is 1. The van der Waals surface area contributed by atoms with Crippen LogP contribution in [0.15, 0.2) is 58.8 Å². The van der Waals surface area contributed by atoms with Gasteiger partial charge < -0.3 is 20.5 Å². The van der Waals surface area contributed by atoms with Gasteiger partial charge in [-0.1, -0.05) is 42.8 Å². The van der Waals surface area contributed by atoms with Crippen LogP contribution < -0.4 is 10.6 Å². The van der Waals surface area contributed by atoms with Gasteiger partial charge in [0.05, 0.1) is 18.8 Å². The van der Waals surface area contributed by atoms with Crippen LogP contribution in [0.1, 0.15) is 42.1 Å². The van der Waals surface area contributed by atoms with Crippen molar-refractivity contribution in [3.05, 3.63) is 65.0 Å². The van der Waals surface area contributed by atoms with E-state index in [1.807, 2.05) is 49.6 Å². The number of anilines is 2. The number of carbonyl (C=O) groups is 4. The predicted molar refractivity (Wildman–Crippen MR) is 146 cm³/mol. The number of amides is 2. The minimum absolute atomic E-state index is 0.124. The summed E-state index contributed by atoms with van der Waals surface area (Å²) in [5.74, 6) is -2.22. The van der Waals surface area contributed by atoms with Crippen molar-refractivity contribution < 1.29 is 29.0 Å². The fourth-order valence-electron chi connectivity index (χ4n) is 3.47. The molecule has 0 radical (unpaired) electrons. The summed E-state index contributed by atoms with van der Waals surface area (Å²) in [6.45, 7) is 3.87. The lowest BCUT2D eigenvalue weighted by Crippen LogP contribution is -2.25. The van der Waals surface area contributed by atoms with Gasteiger partial charge in [0.1, 0.15) is 10.6 Å². The highest BCUT2D eigenvalue weighted by atomic mass is 32.2. The number of carboxylic acid groups (broad SMARTS) is 1. The number of rotatable bonds is 11. The molecule has 0 aliphatic heterocycles. The third-order valence-corrected chi connectivity index (χ3v) is 7.66. The fraction of sp³-hybridized carbons (Fsp3) is 0.259. The molecule has 1 aromatic heterocycles. The van der Waals surface area contributed by atoms with Crippen molar-refractivity contribution in [2.45, 2.75) is 43.3 Å². The zero-order valence-electron chi connectivity index (χ0n) is 20.7. The van der Waals surface area contributed by atoms with Crippen LogP contribution in [0.25, 0.3) is 11.1 Å². The number of esters is 1. The molecule has 3 aromatic rings. The van der Waals surface area contributed by atoms with E-state index in [0.29, 0.717) is 28.2 Å². The summed E-state index contributed by atoms with van der Waals surface area (Å²) in [5.41, 5.74) is 3.48. The minimum Gasteiger partial charge on any atom is -0.481 e. The van der Waals surface area contributed by atoms with Gasteiger partial charge in [0.25, 0.3) is 0 Å². The van der Waals surface area contributed by atoms with Crippen molar-refractivity contribution in [1.29, 1.82) is 0 Å². The van der Waals surface area contributed by atoms with Gasteiger partial charge in [0.15, 0.2) is 0 Å². The number of carboxylic acids is 1. The molecule has 0 aliphatic rings. The molecule has 1 unspecified atom stereocenters. The van der Waals surface area contributed by atoms with Gasteiger partial charge in [-0.15, -0.1) is 23.1 Å². The Kier molecular flexibility index (Phi) is 9.87. The smallest absolute Gasteiger partial charge is 0.341 e. The quantitative estimate of drug-likeness (QED) is 0.207. The number of ether oxygens (including phenoxy) is 1. The highest BCUT2D eigenvalue weighted by molar-refractivity contribution is 8.00. The second-order valence-corrected chi connectivity index (χ2v) is 10.3. The van der Waals surface area contributed by atoms with E-state index in [4.69, 9.17) is 9.84 Å². The average Bonchev–Trinajstić information content (AvgIpc) is 3.29. The van der Waals surface area contributed by atoms with Crippen molar-refractivity contribution in [2.75, 3.05) is 17.7 Å². The zero-order chi connectivity index (χ0) is 26.9. The topological polar surface area (TPSA) is 122 Å². The second-order valence-electron chi connectivity index (χ2n) is 8.18. The van der Waals surface area contributed by atoms with Gasteiger partial charge in [-0.2, -0.15) is 0 Å². The SMILES string of the molecule is CCC(Sc1cccc(NC(=O)CCC(=O)O)c1)C(=O)Nc1scc(-c2ccc(C)cc2)c1C(=O)OC. The van der Waals surface area contributed by atoms with Crippen LogP contribution in [0.4, 0.5) is 10.7 Å². The fourth-order valence-corrected chi connectivity index (χ4v) is 5.44. The van der Waals surface area contributed by atoms with Crippen molar-refractivity contribution >= 4 is 57.5 Å². The predicted octanol–water partition coefficient (Wildman–Crippen LogP) is 5.82. The molecule has 194 valence electrons. The second kappa shape index (κ2) is 13.1. The molecule has 0 saturated carbocycles. The summed E-state index contributed by atoms with van der Waals surface area (Å²) in [6.07, 6.45) is 0.149. The van der Waals surface area contributed by atoms with Crippen LogP contribution in [0, 0.1) is 6.92 Å². The Balaban J connectivity index is 1.75. The van der Waals surface area contributed by atoms with Crippen LogP contribution in [0.2, 0.25) is 0 Å². The van der Waals surface area contributed by atoms with Crippen molar-refractivity contribution in [1.82, 2.24) is 0 Å². The van der Waals surface area contributed by atoms with Crippen molar-refractivity contribution in [2.24, 2.45) is 0 Å². The molecule has 3 N–H and O–H groups in total. The summed E-state index contributed by atoms with van der Waals surface area (Å²) < 4.78 is 5.00. The summed E-state index contributed by atoms with van der Waals surface area (Å²) in [5, 5.41) is 16.1. The molecule has 0 spiro atoms. The lowest BCUT2D eigenvalue weighted by Gasteiger charge is -2.16. The number of aliphatic carboxylic acids is 1. The van der Waals surface area contributed by atoms with E-state index in [0.717, 1.165) is 16.0 Å². The minimum atomic E-state index is -1.04. The molecule has 8 nitrogen and oxygen atoms in total. The van der Waals surface area contributed by atoms with Gasteiger partial charge in [0.2, 0.25) is 11.8 Å². The first-order valence-electron chi connectivity index (χ1n) is 11.6. The van der Waals surface area contributed by atoms with E-state index >= 15 is 0 Å². The first-order chi connectivity index (χ1) is 17.7. The van der Waals surface area contributed by atoms with Crippen LogP contribution in [0.5, 0.6) is 0 Å². The van der Waals surface area contributed by atoms with E-state index in [2.05, 4.69) is 10.6 Å². The van der Waals surface area contributed by atoms with Gasteiger partial charge in [0, 0.05) is 27.9 Å². The third kappa shape index (κ3) is 7.68. The molecule has 0 bridgehead atoms. The average molecular weight is 541 g/mol. The number of aryl methyl sites for hydroxylation is 1. The summed E-state index contributed by atoms with van der Waals surface area (Å²) in [7, 11) is 1.31. The Hall–Kier alpha value is -3.63. The van der Waals surface area contributed by atoms with Crippen LogP contribution in [-0.2, 0) is 19.1 Å². The number of hydrogen-bond donors (Lipinski definition) is 3. The molecule has 1 heterocycles. The summed E-state index contributed by atoms with van der Waals surface area (Å²) >= 11 is 2.60. The maximum absolute atomic E-state index is 13.2. The van der Waals surface area contributed by atoms with E-state index < -0.39 is 23.1 Å². The molecule has 0 fully saturated rings. The summed E-state index contributed by atoms with van der Waals surface area (Å²) in [6, 6.07) is 14.8. The Morgan fingerprint density at radius 2 is 1.78 bits per heavy atom. The number of benzene rings is 2. The van der Waals surface area contributed by atoms with Gasteiger partial charge in [-0.3, -0.25) is 14.4 Å².